The maximum absolute atomic E-state index is 13.3. The van der Waals surface area contributed by atoms with Crippen LogP contribution < -0.4 is 15.4 Å². The lowest BCUT2D eigenvalue weighted by molar-refractivity contribution is -0.124. The maximum Gasteiger partial charge on any atom is 0.251 e. The summed E-state index contributed by atoms with van der Waals surface area (Å²) in [5.41, 5.74) is 2.43. The number of nitrogens with one attached hydrogen (secondary N) is 2. The molecule has 160 valence electrons. The zero-order valence-electron chi connectivity index (χ0n) is 18.0. The van der Waals surface area contributed by atoms with Crippen molar-refractivity contribution in [2.75, 3.05) is 7.11 Å². The van der Waals surface area contributed by atoms with Gasteiger partial charge in [0.1, 0.15) is 11.8 Å². The number of rotatable bonds is 8. The minimum Gasteiger partial charge on any atom is -0.497 e. The van der Waals surface area contributed by atoms with Crippen molar-refractivity contribution in [3.05, 3.63) is 102 Å². The fourth-order valence-electron chi connectivity index (χ4n) is 3.38. The van der Waals surface area contributed by atoms with Gasteiger partial charge in [-0.25, -0.2) is 0 Å². The molecular weight excluding hydrogens is 388 g/mol. The molecule has 0 saturated heterocycles. The molecule has 2 amide bonds. The van der Waals surface area contributed by atoms with E-state index in [0.717, 1.165) is 11.1 Å². The van der Waals surface area contributed by atoms with Crippen LogP contribution in [0.2, 0.25) is 0 Å². The Hall–Kier alpha value is -3.60. The first-order valence-corrected chi connectivity index (χ1v) is 10.3. The van der Waals surface area contributed by atoms with E-state index in [-0.39, 0.29) is 23.8 Å². The summed E-state index contributed by atoms with van der Waals surface area (Å²) in [6.07, 6.45) is 0. The third-order valence-electron chi connectivity index (χ3n) is 5.14. The highest BCUT2D eigenvalue weighted by Gasteiger charge is 2.27. The first kappa shape index (κ1) is 22.1. The minimum absolute atomic E-state index is 0.0885. The summed E-state index contributed by atoms with van der Waals surface area (Å²) in [6, 6.07) is 25.4. The van der Waals surface area contributed by atoms with E-state index in [4.69, 9.17) is 4.74 Å². The molecule has 0 aliphatic carbocycles. The van der Waals surface area contributed by atoms with Gasteiger partial charge in [-0.3, -0.25) is 9.59 Å². The van der Waals surface area contributed by atoms with Gasteiger partial charge < -0.3 is 15.4 Å². The second-order valence-electron chi connectivity index (χ2n) is 7.69. The van der Waals surface area contributed by atoms with Gasteiger partial charge in [0.15, 0.2) is 0 Å². The van der Waals surface area contributed by atoms with E-state index in [2.05, 4.69) is 10.6 Å². The standard InChI is InChI=1S/C26H28N2O3/c1-18(2)23(27-25(29)21-14-16-22(31-3)17-15-21)26(30)28-24(19-10-6-4-7-11-19)20-12-8-5-9-13-20/h4-18,23-24H,1-3H3,(H,27,29)(H,28,30)/t23-/m1/s1. The number of ether oxygens (including phenoxy) is 1. The van der Waals surface area contributed by atoms with Crippen LogP contribution in [0.1, 0.15) is 41.4 Å². The van der Waals surface area contributed by atoms with Gasteiger partial charge in [0.25, 0.3) is 5.91 Å². The van der Waals surface area contributed by atoms with Crippen molar-refractivity contribution in [3.8, 4) is 5.75 Å². The van der Waals surface area contributed by atoms with Crippen molar-refractivity contribution in [1.29, 1.82) is 0 Å². The van der Waals surface area contributed by atoms with Crippen molar-refractivity contribution >= 4 is 11.8 Å². The predicted molar refractivity (Wildman–Crippen MR) is 122 cm³/mol. The molecule has 0 aromatic heterocycles. The fraction of sp³-hybridized carbons (Fsp3) is 0.231. The summed E-state index contributed by atoms with van der Waals surface area (Å²) in [6.45, 7) is 3.83. The molecule has 0 radical (unpaired) electrons. The smallest absolute Gasteiger partial charge is 0.251 e. The molecule has 31 heavy (non-hydrogen) atoms. The molecule has 0 saturated carbocycles. The molecule has 3 aromatic carbocycles. The predicted octanol–water partition coefficient (Wildman–Crippen LogP) is 4.36. The van der Waals surface area contributed by atoms with E-state index in [1.54, 1.807) is 31.4 Å². The molecular formula is C26H28N2O3. The van der Waals surface area contributed by atoms with Gasteiger partial charge in [0.05, 0.1) is 13.2 Å². The highest BCUT2D eigenvalue weighted by atomic mass is 16.5. The highest BCUT2D eigenvalue weighted by molar-refractivity contribution is 5.97. The van der Waals surface area contributed by atoms with E-state index >= 15 is 0 Å². The van der Waals surface area contributed by atoms with Crippen molar-refractivity contribution in [3.63, 3.8) is 0 Å². The van der Waals surface area contributed by atoms with Crippen LogP contribution in [0.4, 0.5) is 0 Å². The maximum atomic E-state index is 13.3. The normalized spacial score (nSPS) is 11.8. The lowest BCUT2D eigenvalue weighted by Gasteiger charge is -2.26. The molecule has 3 rings (SSSR count). The molecule has 0 unspecified atom stereocenters. The van der Waals surface area contributed by atoms with Crippen molar-refractivity contribution in [1.82, 2.24) is 10.6 Å². The van der Waals surface area contributed by atoms with Gasteiger partial charge in [-0.15, -0.1) is 0 Å². The van der Waals surface area contributed by atoms with Crippen LogP contribution in [0, 0.1) is 5.92 Å². The monoisotopic (exact) mass is 416 g/mol. The second kappa shape index (κ2) is 10.4. The van der Waals surface area contributed by atoms with Crippen LogP contribution in [0.5, 0.6) is 5.75 Å². The summed E-state index contributed by atoms with van der Waals surface area (Å²) >= 11 is 0. The fourth-order valence-corrected chi connectivity index (χ4v) is 3.38. The molecule has 0 bridgehead atoms. The lowest BCUT2D eigenvalue weighted by atomic mass is 9.96. The number of methoxy groups -OCH3 is 1. The molecule has 2 N–H and O–H groups in total. The Morgan fingerprint density at radius 2 is 1.26 bits per heavy atom. The molecule has 0 heterocycles. The summed E-state index contributed by atoms with van der Waals surface area (Å²) in [4.78, 5) is 26.0. The Kier molecular flexibility index (Phi) is 7.44. The zero-order valence-corrected chi connectivity index (χ0v) is 18.0. The van der Waals surface area contributed by atoms with Gasteiger partial charge in [0, 0.05) is 5.56 Å². The Labute approximate surface area is 183 Å². The van der Waals surface area contributed by atoms with E-state index in [0.29, 0.717) is 11.3 Å². The van der Waals surface area contributed by atoms with E-state index < -0.39 is 6.04 Å². The van der Waals surface area contributed by atoms with Crippen LogP contribution in [-0.4, -0.2) is 25.0 Å². The van der Waals surface area contributed by atoms with E-state index in [9.17, 15) is 9.59 Å². The van der Waals surface area contributed by atoms with Gasteiger partial charge in [-0.2, -0.15) is 0 Å². The Morgan fingerprint density at radius 1 is 0.742 bits per heavy atom. The van der Waals surface area contributed by atoms with Gasteiger partial charge in [-0.1, -0.05) is 74.5 Å². The van der Waals surface area contributed by atoms with E-state index in [1.165, 1.54) is 0 Å². The molecule has 5 nitrogen and oxygen atoms in total. The van der Waals surface area contributed by atoms with Crippen LogP contribution in [-0.2, 0) is 4.79 Å². The van der Waals surface area contributed by atoms with Gasteiger partial charge in [0.2, 0.25) is 5.91 Å². The number of amides is 2. The highest BCUT2D eigenvalue weighted by Crippen LogP contribution is 2.22. The van der Waals surface area contributed by atoms with E-state index in [1.807, 2.05) is 74.5 Å². The average Bonchev–Trinajstić information content (AvgIpc) is 2.81. The summed E-state index contributed by atoms with van der Waals surface area (Å²) in [5, 5.41) is 6.02. The number of carbonyl (C=O) groups excluding carboxylic acids is 2. The quantitative estimate of drug-likeness (QED) is 0.574. The molecule has 0 aliphatic rings. The van der Waals surface area contributed by atoms with Crippen LogP contribution in [0.15, 0.2) is 84.9 Å². The first-order valence-electron chi connectivity index (χ1n) is 10.3. The number of benzene rings is 3. The molecule has 5 heteroatoms. The third-order valence-corrected chi connectivity index (χ3v) is 5.14. The number of hydrogen-bond donors (Lipinski definition) is 2. The van der Waals surface area contributed by atoms with Crippen LogP contribution in [0.3, 0.4) is 0 Å². The SMILES string of the molecule is COc1ccc(C(=O)N[C@@H](C(=O)NC(c2ccccc2)c2ccccc2)C(C)C)cc1. The molecule has 0 spiro atoms. The van der Waals surface area contributed by atoms with Crippen LogP contribution >= 0.6 is 0 Å². The molecule has 1 atom stereocenters. The minimum atomic E-state index is -0.676. The van der Waals surface area contributed by atoms with Gasteiger partial charge in [-0.05, 0) is 41.3 Å². The zero-order chi connectivity index (χ0) is 22.2. The molecule has 0 fully saturated rings. The van der Waals surface area contributed by atoms with Crippen molar-refractivity contribution < 1.29 is 14.3 Å². The lowest BCUT2D eigenvalue weighted by Crippen LogP contribution is -2.50. The topological polar surface area (TPSA) is 67.4 Å². The molecule has 0 aliphatic heterocycles. The van der Waals surface area contributed by atoms with Crippen molar-refractivity contribution in [2.24, 2.45) is 5.92 Å². The number of carbonyl (C=O) groups is 2. The summed E-state index contributed by atoms with van der Waals surface area (Å²) in [5.74, 6) is 0.0553. The second-order valence-corrected chi connectivity index (χ2v) is 7.69. The average molecular weight is 417 g/mol. The largest absolute Gasteiger partial charge is 0.497 e. The van der Waals surface area contributed by atoms with Crippen molar-refractivity contribution in [2.45, 2.75) is 25.9 Å². The van der Waals surface area contributed by atoms with Crippen LogP contribution in [0.25, 0.3) is 0 Å². The Bertz CT molecular complexity index is 947. The third kappa shape index (κ3) is 5.72. The summed E-state index contributed by atoms with van der Waals surface area (Å²) < 4.78 is 5.14. The van der Waals surface area contributed by atoms with Gasteiger partial charge >= 0.3 is 0 Å². The number of hydrogen-bond acceptors (Lipinski definition) is 3. The Balaban J connectivity index is 1.80. The Morgan fingerprint density at radius 3 is 1.71 bits per heavy atom. The first-order chi connectivity index (χ1) is 15.0. The molecule has 3 aromatic rings. The summed E-state index contributed by atoms with van der Waals surface area (Å²) in [7, 11) is 1.57.